The fraction of sp³-hybridized carbons (Fsp3) is 0.143. The normalized spacial score (nSPS) is 9.38. The Bertz CT molecular complexity index is 412. The lowest BCUT2D eigenvalue weighted by Crippen LogP contribution is -1.85. The molecule has 0 aliphatic rings. The van der Waals surface area contributed by atoms with E-state index in [4.69, 9.17) is 4.80 Å². The molecule has 1 nitrogen and oxygen atoms in total. The van der Waals surface area contributed by atoms with Crippen LogP contribution < -0.4 is 0 Å². The molecule has 0 spiro atoms. The number of benzene rings is 2. The lowest BCUT2D eigenvalue weighted by Gasteiger charge is -2.06. The van der Waals surface area contributed by atoms with Crippen LogP contribution in [-0.4, -0.2) is 15.3 Å². The smallest absolute Gasteiger partial charge is 0.141 e. The van der Waals surface area contributed by atoms with Gasteiger partial charge in [-0.05, 0) is 23.1 Å². The van der Waals surface area contributed by atoms with Crippen LogP contribution in [-0.2, 0) is 6.42 Å². The molecule has 1 N–H and O–H groups in total. The summed E-state index contributed by atoms with van der Waals surface area (Å²) in [5, 5.41) is 0. The fourth-order valence-electron chi connectivity index (χ4n) is 1.73. The van der Waals surface area contributed by atoms with Gasteiger partial charge in [-0.2, -0.15) is 0 Å². The van der Waals surface area contributed by atoms with Crippen molar-refractivity contribution in [3.8, 4) is 11.1 Å². The van der Waals surface area contributed by atoms with Crippen molar-refractivity contribution in [2.45, 2.75) is 13.3 Å². The summed E-state index contributed by atoms with van der Waals surface area (Å²) in [5.74, 6) is 0. The maximum atomic E-state index is 7.14. The van der Waals surface area contributed by atoms with E-state index < -0.39 is 0 Å². The lowest BCUT2D eigenvalue weighted by molar-refractivity contribution is 0.629. The molecule has 0 saturated heterocycles. The third kappa shape index (κ3) is 3.05. The molecule has 2 heteroatoms. The van der Waals surface area contributed by atoms with Crippen molar-refractivity contribution in [3.05, 3.63) is 60.2 Å². The maximum absolute atomic E-state index is 7.14. The van der Waals surface area contributed by atoms with Gasteiger partial charge in [0.2, 0.25) is 0 Å². The summed E-state index contributed by atoms with van der Waals surface area (Å²) in [6, 6.07) is 19.1. The molecule has 0 atom stereocenters. The molecule has 2 aromatic carbocycles. The molecule has 0 saturated carbocycles. The molecule has 2 rings (SSSR count). The highest BCUT2D eigenvalue weighted by atomic mass is 28.2. The first-order valence-corrected chi connectivity index (χ1v) is 6.39. The van der Waals surface area contributed by atoms with Crippen LogP contribution in [0.5, 0.6) is 0 Å². The first-order valence-electron chi connectivity index (χ1n) is 5.50. The topological polar surface area (TPSA) is 20.2 Å². The van der Waals surface area contributed by atoms with Gasteiger partial charge in [0.1, 0.15) is 10.5 Å². The summed E-state index contributed by atoms with van der Waals surface area (Å²) in [4.78, 5) is 7.14. The molecule has 0 aliphatic carbocycles. The van der Waals surface area contributed by atoms with Crippen LogP contribution in [0.25, 0.3) is 11.1 Å². The second-order valence-corrected chi connectivity index (χ2v) is 3.38. The number of aryl methyl sites for hydroxylation is 1. The Hall–Kier alpha value is -1.38. The summed E-state index contributed by atoms with van der Waals surface area (Å²) in [5.41, 5.74) is 4.08. The first-order chi connectivity index (χ1) is 7.92. The minimum absolute atomic E-state index is 0.306. The van der Waals surface area contributed by atoms with Gasteiger partial charge < -0.3 is 4.80 Å². The van der Waals surface area contributed by atoms with Crippen LogP contribution in [0.3, 0.4) is 0 Å². The van der Waals surface area contributed by atoms with Gasteiger partial charge in [-0.15, -0.1) is 0 Å². The van der Waals surface area contributed by atoms with Gasteiger partial charge in [-0.25, -0.2) is 0 Å². The van der Waals surface area contributed by atoms with E-state index in [0.717, 1.165) is 6.42 Å². The molecule has 0 aromatic heterocycles. The van der Waals surface area contributed by atoms with E-state index in [0.29, 0.717) is 10.5 Å². The van der Waals surface area contributed by atoms with E-state index in [9.17, 15) is 0 Å². The summed E-state index contributed by atoms with van der Waals surface area (Å²) in [6.45, 7) is 2.20. The largest absolute Gasteiger partial charge is 0.442 e. The Morgan fingerprint density at radius 2 is 1.44 bits per heavy atom. The van der Waals surface area contributed by atoms with Crippen molar-refractivity contribution in [2.24, 2.45) is 0 Å². The zero-order valence-electron chi connectivity index (χ0n) is 9.85. The van der Waals surface area contributed by atoms with Crippen molar-refractivity contribution in [1.82, 2.24) is 0 Å². The zero-order chi connectivity index (χ0) is 11.8. The van der Waals surface area contributed by atoms with Crippen molar-refractivity contribution in [1.29, 1.82) is 0 Å². The van der Waals surface area contributed by atoms with E-state index in [1.165, 1.54) is 16.7 Å². The van der Waals surface area contributed by atoms with E-state index in [1.54, 1.807) is 0 Å². The van der Waals surface area contributed by atoms with Gasteiger partial charge in [0.15, 0.2) is 0 Å². The van der Waals surface area contributed by atoms with E-state index in [1.807, 2.05) is 0 Å². The second-order valence-electron chi connectivity index (χ2n) is 3.38. The second kappa shape index (κ2) is 6.98. The maximum Gasteiger partial charge on any atom is 0.141 e. The summed E-state index contributed by atoms with van der Waals surface area (Å²) in [6.07, 6.45) is 1.09. The Balaban J connectivity index is 0.000000606. The van der Waals surface area contributed by atoms with E-state index in [-0.39, 0.29) is 0 Å². The van der Waals surface area contributed by atoms with Crippen molar-refractivity contribution < 1.29 is 4.80 Å². The standard InChI is InChI=1S/C14H14.H4OSi/c1-2-12-8-6-7-11-14(12)13-9-4-3-5-10-13;1-2/h3-11H,2H2,1H3;1H,2H3. The van der Waals surface area contributed by atoms with Gasteiger partial charge in [-0.1, -0.05) is 61.5 Å². The predicted molar refractivity (Wildman–Crippen MR) is 73.4 cm³/mol. The third-order valence-electron chi connectivity index (χ3n) is 2.48. The van der Waals surface area contributed by atoms with Crippen LogP contribution in [0.2, 0.25) is 0 Å². The highest BCUT2D eigenvalue weighted by molar-refractivity contribution is 5.95. The monoisotopic (exact) mass is 230 g/mol. The summed E-state index contributed by atoms with van der Waals surface area (Å²) >= 11 is 0. The van der Waals surface area contributed by atoms with E-state index in [2.05, 4.69) is 61.5 Å². The van der Waals surface area contributed by atoms with Gasteiger partial charge in [-0.3, -0.25) is 0 Å². The van der Waals surface area contributed by atoms with Crippen LogP contribution in [0.15, 0.2) is 54.6 Å². The molecule has 0 amide bonds. The Morgan fingerprint density at radius 1 is 0.875 bits per heavy atom. The summed E-state index contributed by atoms with van der Waals surface area (Å²) < 4.78 is 0. The minimum Gasteiger partial charge on any atom is -0.442 e. The predicted octanol–water partition coefficient (Wildman–Crippen LogP) is 2.18. The molecule has 16 heavy (non-hydrogen) atoms. The Labute approximate surface area is 100 Å². The van der Waals surface area contributed by atoms with E-state index >= 15 is 0 Å². The SMILES string of the molecule is CCc1ccccc1-c1ccccc1.O[SiH3]. The Kier molecular flexibility index (Phi) is 5.54. The van der Waals surface area contributed by atoms with Crippen LogP contribution in [0.1, 0.15) is 12.5 Å². The molecule has 2 aromatic rings. The molecular formula is C14H18OSi. The van der Waals surface area contributed by atoms with Crippen molar-refractivity contribution in [3.63, 3.8) is 0 Å². The number of rotatable bonds is 2. The van der Waals surface area contributed by atoms with Gasteiger partial charge in [0.05, 0.1) is 0 Å². The summed E-state index contributed by atoms with van der Waals surface area (Å²) in [7, 11) is 0.306. The molecule has 0 aliphatic heterocycles. The molecular weight excluding hydrogens is 212 g/mol. The number of hydrogen-bond donors (Lipinski definition) is 1. The molecule has 0 heterocycles. The minimum atomic E-state index is 0.306. The van der Waals surface area contributed by atoms with Crippen molar-refractivity contribution in [2.75, 3.05) is 0 Å². The first kappa shape index (κ1) is 12.7. The fourth-order valence-corrected chi connectivity index (χ4v) is 1.73. The molecule has 0 bridgehead atoms. The lowest BCUT2D eigenvalue weighted by atomic mass is 9.98. The van der Waals surface area contributed by atoms with Gasteiger partial charge in [0, 0.05) is 0 Å². The number of hydrogen-bond acceptors (Lipinski definition) is 1. The highest BCUT2D eigenvalue weighted by Gasteiger charge is 2.00. The average Bonchev–Trinajstić information content (AvgIpc) is 2.42. The van der Waals surface area contributed by atoms with Crippen molar-refractivity contribution >= 4 is 10.5 Å². The third-order valence-corrected chi connectivity index (χ3v) is 2.48. The van der Waals surface area contributed by atoms with Crippen LogP contribution in [0, 0.1) is 0 Å². The zero-order valence-corrected chi connectivity index (χ0v) is 11.9. The quantitative estimate of drug-likeness (QED) is 0.784. The molecule has 0 unspecified atom stereocenters. The van der Waals surface area contributed by atoms with Crippen LogP contribution >= 0.6 is 0 Å². The Morgan fingerprint density at radius 3 is 2.06 bits per heavy atom. The average molecular weight is 230 g/mol. The molecule has 0 radical (unpaired) electrons. The highest BCUT2D eigenvalue weighted by Crippen LogP contribution is 2.23. The molecule has 0 fully saturated rings. The molecule has 84 valence electrons. The van der Waals surface area contributed by atoms with Gasteiger partial charge in [0.25, 0.3) is 0 Å². The van der Waals surface area contributed by atoms with Gasteiger partial charge >= 0.3 is 0 Å². The van der Waals surface area contributed by atoms with Crippen LogP contribution in [0.4, 0.5) is 0 Å².